The summed E-state index contributed by atoms with van der Waals surface area (Å²) in [4.78, 5) is 36.6. The van der Waals surface area contributed by atoms with Crippen LogP contribution >= 0.6 is 22.9 Å². The molecule has 1 heterocycles. The molecule has 2 rings (SSSR count). The van der Waals surface area contributed by atoms with Gasteiger partial charge in [0.25, 0.3) is 5.91 Å². The Balaban J connectivity index is 2.15. The molecular weight excluding hydrogens is 380 g/mol. The highest BCUT2D eigenvalue weighted by molar-refractivity contribution is 7.16. The number of benzene rings is 1. The molecule has 0 aliphatic heterocycles. The van der Waals surface area contributed by atoms with Gasteiger partial charge in [0.05, 0.1) is 21.9 Å². The Morgan fingerprint density at radius 3 is 2.65 bits per heavy atom. The highest BCUT2D eigenvalue weighted by Crippen LogP contribution is 2.30. The number of esters is 1. The summed E-state index contributed by atoms with van der Waals surface area (Å²) in [5, 5.41) is 12.1. The number of carbonyl (C=O) groups is 3. The van der Waals surface area contributed by atoms with Crippen molar-refractivity contribution in [2.45, 2.75) is 19.0 Å². The number of phenolic OH excluding ortho intramolecular Hbond substituents is 1. The first kappa shape index (κ1) is 19.9. The van der Waals surface area contributed by atoms with Crippen molar-refractivity contribution in [3.8, 4) is 5.75 Å². The Morgan fingerprint density at radius 1 is 1.35 bits per heavy atom. The van der Waals surface area contributed by atoms with Crippen LogP contribution in [0.5, 0.6) is 5.75 Å². The molecule has 1 unspecified atom stereocenters. The van der Waals surface area contributed by atoms with Crippen molar-refractivity contribution < 1.29 is 24.2 Å². The molecule has 0 radical (unpaired) electrons. The summed E-state index contributed by atoms with van der Waals surface area (Å²) in [6, 6.07) is 7.78. The number of nitrogens with two attached hydrogens (primary N) is 1. The topological polar surface area (TPSA) is 119 Å². The van der Waals surface area contributed by atoms with Crippen molar-refractivity contribution in [3.63, 3.8) is 0 Å². The van der Waals surface area contributed by atoms with Crippen LogP contribution in [0.25, 0.3) is 0 Å². The number of phenols is 1. The third-order valence-corrected chi connectivity index (χ3v) is 5.10. The zero-order chi connectivity index (χ0) is 19.5. The zero-order valence-corrected chi connectivity index (χ0v) is 15.6. The van der Waals surface area contributed by atoms with E-state index in [0.717, 1.165) is 18.4 Å². The van der Waals surface area contributed by atoms with Gasteiger partial charge in [0.1, 0.15) is 5.75 Å². The average Bonchev–Trinajstić information content (AvgIpc) is 2.99. The molecule has 1 atom stereocenters. The van der Waals surface area contributed by atoms with Crippen molar-refractivity contribution in [1.82, 2.24) is 5.32 Å². The fourth-order valence-electron chi connectivity index (χ4n) is 2.11. The molecule has 0 spiro atoms. The van der Waals surface area contributed by atoms with Gasteiger partial charge in [-0.15, -0.1) is 11.3 Å². The van der Waals surface area contributed by atoms with Crippen LogP contribution in [0, 0.1) is 0 Å². The van der Waals surface area contributed by atoms with E-state index in [0.29, 0.717) is 5.56 Å². The number of thiophene rings is 1. The third-order valence-electron chi connectivity index (χ3n) is 3.56. The average molecular weight is 397 g/mol. The van der Waals surface area contributed by atoms with Crippen LogP contribution in [-0.4, -0.2) is 35.4 Å². The molecule has 0 aliphatic rings. The molecule has 0 saturated carbocycles. The zero-order valence-electron chi connectivity index (χ0n) is 14.0. The first-order valence-corrected chi connectivity index (χ1v) is 8.63. The lowest BCUT2D eigenvalue weighted by atomic mass is 9.97. The van der Waals surface area contributed by atoms with Gasteiger partial charge in [-0.25, -0.2) is 4.79 Å². The van der Waals surface area contributed by atoms with E-state index < -0.39 is 23.2 Å². The standard InChI is InChI=1S/C17H17ClN2O5S/c1-17(19,16(24)25-2)14(22)13-11(18)7-12(26-13)15(23)20-8-9-4-3-5-10(21)6-9/h3-7,21H,8,19H2,1-2H3,(H,20,23). The van der Waals surface area contributed by atoms with Gasteiger partial charge in [0, 0.05) is 6.54 Å². The fourth-order valence-corrected chi connectivity index (χ4v) is 3.51. The minimum atomic E-state index is -1.90. The third kappa shape index (κ3) is 4.21. The molecule has 138 valence electrons. The van der Waals surface area contributed by atoms with E-state index in [-0.39, 0.29) is 27.1 Å². The molecule has 0 aliphatic carbocycles. The van der Waals surface area contributed by atoms with E-state index in [2.05, 4.69) is 10.1 Å². The van der Waals surface area contributed by atoms with E-state index in [1.165, 1.54) is 25.1 Å². The van der Waals surface area contributed by atoms with Gasteiger partial charge in [0.15, 0.2) is 5.54 Å². The molecule has 4 N–H and O–H groups in total. The lowest BCUT2D eigenvalue weighted by Gasteiger charge is -2.19. The summed E-state index contributed by atoms with van der Waals surface area (Å²) in [7, 11) is 1.12. The lowest BCUT2D eigenvalue weighted by Crippen LogP contribution is -2.52. The summed E-state index contributed by atoms with van der Waals surface area (Å²) >= 11 is 6.88. The summed E-state index contributed by atoms with van der Waals surface area (Å²) < 4.78 is 4.53. The maximum absolute atomic E-state index is 12.5. The van der Waals surface area contributed by atoms with Gasteiger partial charge in [0.2, 0.25) is 5.78 Å². The molecule has 0 saturated heterocycles. The van der Waals surface area contributed by atoms with Gasteiger partial charge >= 0.3 is 5.97 Å². The Hall–Kier alpha value is -2.42. The second-order valence-corrected chi connectivity index (χ2v) is 7.12. The summed E-state index contributed by atoms with van der Waals surface area (Å²) in [5.74, 6) is -1.99. The molecule has 1 amide bonds. The molecule has 26 heavy (non-hydrogen) atoms. The fraction of sp³-hybridized carbons (Fsp3) is 0.235. The predicted molar refractivity (Wildman–Crippen MR) is 97.5 cm³/mol. The lowest BCUT2D eigenvalue weighted by molar-refractivity contribution is -0.144. The minimum Gasteiger partial charge on any atom is -0.508 e. The highest BCUT2D eigenvalue weighted by atomic mass is 35.5. The van der Waals surface area contributed by atoms with Crippen LogP contribution in [0.15, 0.2) is 30.3 Å². The van der Waals surface area contributed by atoms with Crippen LogP contribution in [0.2, 0.25) is 5.02 Å². The molecule has 1 aromatic heterocycles. The van der Waals surface area contributed by atoms with Gasteiger partial charge in [-0.05, 0) is 30.7 Å². The second kappa shape index (κ2) is 7.86. The number of halogens is 1. The number of hydrogen-bond acceptors (Lipinski definition) is 7. The SMILES string of the molecule is COC(=O)C(C)(N)C(=O)c1sc(C(=O)NCc2cccc(O)c2)cc1Cl. The first-order valence-electron chi connectivity index (χ1n) is 7.44. The van der Waals surface area contributed by atoms with Crippen molar-refractivity contribution in [1.29, 1.82) is 0 Å². The van der Waals surface area contributed by atoms with Crippen molar-refractivity contribution in [2.24, 2.45) is 5.73 Å². The van der Waals surface area contributed by atoms with Crippen molar-refractivity contribution in [3.05, 3.63) is 50.7 Å². The largest absolute Gasteiger partial charge is 0.508 e. The molecule has 0 bridgehead atoms. The van der Waals surface area contributed by atoms with Crippen molar-refractivity contribution in [2.75, 3.05) is 7.11 Å². The van der Waals surface area contributed by atoms with E-state index in [9.17, 15) is 19.5 Å². The number of rotatable bonds is 6. The van der Waals surface area contributed by atoms with E-state index in [1.807, 2.05) is 0 Å². The number of Topliss-reactive ketones (excluding diaryl/α,β-unsaturated/α-hetero) is 1. The Labute approximate surface area is 158 Å². The molecule has 7 nitrogen and oxygen atoms in total. The number of ether oxygens (including phenoxy) is 1. The van der Waals surface area contributed by atoms with Crippen LogP contribution in [0.1, 0.15) is 31.8 Å². The number of hydrogen-bond donors (Lipinski definition) is 3. The summed E-state index contributed by atoms with van der Waals surface area (Å²) in [6.45, 7) is 1.40. The van der Waals surface area contributed by atoms with Gasteiger partial charge in [-0.2, -0.15) is 0 Å². The molecule has 9 heteroatoms. The number of methoxy groups -OCH3 is 1. The Kier molecular flexibility index (Phi) is 6.01. The number of amides is 1. The number of nitrogens with one attached hydrogen (secondary N) is 1. The van der Waals surface area contributed by atoms with Crippen LogP contribution < -0.4 is 11.1 Å². The van der Waals surface area contributed by atoms with Gasteiger partial charge < -0.3 is 20.9 Å². The summed E-state index contributed by atoms with van der Waals surface area (Å²) in [5.41, 5.74) is 4.55. The van der Waals surface area contributed by atoms with Crippen molar-refractivity contribution >= 4 is 40.6 Å². The van der Waals surface area contributed by atoms with Gasteiger partial charge in [-0.1, -0.05) is 23.7 Å². The normalized spacial score (nSPS) is 12.9. The van der Waals surface area contributed by atoms with Crippen LogP contribution in [0.4, 0.5) is 0 Å². The second-order valence-electron chi connectivity index (χ2n) is 5.66. The maximum atomic E-state index is 12.5. The van der Waals surface area contributed by atoms with Gasteiger partial charge in [-0.3, -0.25) is 9.59 Å². The molecule has 0 fully saturated rings. The van der Waals surface area contributed by atoms with E-state index in [4.69, 9.17) is 17.3 Å². The first-order chi connectivity index (χ1) is 12.2. The number of ketones is 1. The highest BCUT2D eigenvalue weighted by Gasteiger charge is 2.40. The van der Waals surface area contributed by atoms with Crippen LogP contribution in [0.3, 0.4) is 0 Å². The minimum absolute atomic E-state index is 0.00423. The Morgan fingerprint density at radius 2 is 2.04 bits per heavy atom. The van der Waals surface area contributed by atoms with E-state index >= 15 is 0 Å². The Bertz CT molecular complexity index is 863. The molecule has 2 aromatic rings. The molecular formula is C17H17ClN2O5S. The quantitative estimate of drug-likeness (QED) is 0.391. The van der Waals surface area contributed by atoms with Crippen LogP contribution in [-0.2, 0) is 16.1 Å². The maximum Gasteiger partial charge on any atom is 0.333 e. The number of aromatic hydroxyl groups is 1. The summed E-state index contributed by atoms with van der Waals surface area (Å²) in [6.07, 6.45) is 0. The molecule has 1 aromatic carbocycles. The number of carbonyl (C=O) groups excluding carboxylic acids is 3. The predicted octanol–water partition coefficient (Wildman–Crippen LogP) is 2.11. The van der Waals surface area contributed by atoms with E-state index in [1.54, 1.807) is 12.1 Å². The monoisotopic (exact) mass is 396 g/mol. The smallest absolute Gasteiger partial charge is 0.333 e.